The first-order chi connectivity index (χ1) is 9.08. The van der Waals surface area contributed by atoms with E-state index in [0.29, 0.717) is 17.5 Å². The van der Waals surface area contributed by atoms with E-state index in [1.807, 2.05) is 18.2 Å². The van der Waals surface area contributed by atoms with Gasteiger partial charge in [0.05, 0.1) is 17.3 Å². The van der Waals surface area contributed by atoms with Crippen LogP contribution in [-0.2, 0) is 6.54 Å². The van der Waals surface area contributed by atoms with Crippen molar-refractivity contribution in [1.82, 2.24) is 25.5 Å². The van der Waals surface area contributed by atoms with Crippen molar-refractivity contribution < 1.29 is 0 Å². The van der Waals surface area contributed by atoms with Gasteiger partial charge >= 0.3 is 0 Å². The Balaban J connectivity index is 2.16. The van der Waals surface area contributed by atoms with Crippen molar-refractivity contribution in [3.05, 3.63) is 33.5 Å². The average Bonchev–Trinajstić information content (AvgIpc) is 2.80. The van der Waals surface area contributed by atoms with Crippen LogP contribution >= 0.6 is 27.5 Å². The Labute approximate surface area is 125 Å². The van der Waals surface area contributed by atoms with Crippen LogP contribution in [0.1, 0.15) is 19.7 Å². The number of benzene rings is 1. The minimum atomic E-state index is 0.589. The lowest BCUT2D eigenvalue weighted by molar-refractivity contribution is 0.537. The second-order valence-corrected chi connectivity index (χ2v) is 5.89. The third-order valence-electron chi connectivity index (χ3n) is 2.52. The molecule has 0 aliphatic carbocycles. The third-order valence-corrected chi connectivity index (χ3v) is 3.75. The van der Waals surface area contributed by atoms with Crippen LogP contribution in [0.5, 0.6) is 0 Å². The average molecular weight is 345 g/mol. The van der Waals surface area contributed by atoms with Crippen molar-refractivity contribution in [2.45, 2.75) is 20.4 Å². The van der Waals surface area contributed by atoms with Gasteiger partial charge < -0.3 is 5.32 Å². The van der Waals surface area contributed by atoms with Gasteiger partial charge in [-0.2, -0.15) is 4.68 Å². The van der Waals surface area contributed by atoms with Gasteiger partial charge in [-0.05, 0) is 57.0 Å². The standard InChI is InChI=1S/C12H15BrClN5/c1-8(2)6-15-7-12-16-17-18-19(12)9-3-4-10(13)11(14)5-9/h3-5,8,15H,6-7H2,1-2H3. The van der Waals surface area contributed by atoms with Crippen LogP contribution in [0.3, 0.4) is 0 Å². The van der Waals surface area contributed by atoms with Gasteiger partial charge in [0, 0.05) is 4.47 Å². The van der Waals surface area contributed by atoms with E-state index in [1.165, 1.54) is 0 Å². The highest BCUT2D eigenvalue weighted by Gasteiger charge is 2.09. The lowest BCUT2D eigenvalue weighted by atomic mass is 10.2. The second kappa shape index (κ2) is 6.45. The van der Waals surface area contributed by atoms with E-state index in [2.05, 4.69) is 50.6 Å². The van der Waals surface area contributed by atoms with Crippen molar-refractivity contribution >= 4 is 27.5 Å². The molecule has 102 valence electrons. The van der Waals surface area contributed by atoms with Crippen LogP contribution in [0.2, 0.25) is 5.02 Å². The zero-order valence-electron chi connectivity index (χ0n) is 10.8. The molecule has 0 aliphatic heterocycles. The van der Waals surface area contributed by atoms with E-state index < -0.39 is 0 Å². The van der Waals surface area contributed by atoms with Gasteiger partial charge in [0.25, 0.3) is 0 Å². The van der Waals surface area contributed by atoms with E-state index >= 15 is 0 Å². The quantitative estimate of drug-likeness (QED) is 0.906. The molecule has 0 aliphatic rings. The molecule has 2 aromatic rings. The molecule has 2 rings (SSSR count). The number of nitrogens with one attached hydrogen (secondary N) is 1. The van der Waals surface area contributed by atoms with Crippen LogP contribution < -0.4 is 5.32 Å². The summed E-state index contributed by atoms with van der Waals surface area (Å²) in [7, 11) is 0. The Morgan fingerprint density at radius 2 is 2.21 bits per heavy atom. The van der Waals surface area contributed by atoms with E-state index in [1.54, 1.807) is 4.68 Å². The van der Waals surface area contributed by atoms with Crippen molar-refractivity contribution in [2.24, 2.45) is 5.92 Å². The van der Waals surface area contributed by atoms with Gasteiger partial charge in [-0.1, -0.05) is 25.4 Å². The molecule has 1 aromatic carbocycles. The van der Waals surface area contributed by atoms with E-state index in [4.69, 9.17) is 11.6 Å². The van der Waals surface area contributed by atoms with Gasteiger partial charge in [-0.25, -0.2) is 0 Å². The fourth-order valence-corrected chi connectivity index (χ4v) is 2.03. The summed E-state index contributed by atoms with van der Waals surface area (Å²) in [4.78, 5) is 0. The van der Waals surface area contributed by atoms with Gasteiger partial charge in [0.2, 0.25) is 0 Å². The van der Waals surface area contributed by atoms with Crippen molar-refractivity contribution in [3.63, 3.8) is 0 Å². The van der Waals surface area contributed by atoms with Gasteiger partial charge in [0.1, 0.15) is 0 Å². The van der Waals surface area contributed by atoms with E-state index in [0.717, 1.165) is 22.5 Å². The van der Waals surface area contributed by atoms with Gasteiger partial charge in [-0.3, -0.25) is 0 Å². The summed E-state index contributed by atoms with van der Waals surface area (Å²) >= 11 is 9.45. The number of hydrogen-bond donors (Lipinski definition) is 1. The van der Waals surface area contributed by atoms with Crippen LogP contribution in [0.4, 0.5) is 0 Å². The predicted octanol–water partition coefficient (Wildman–Crippen LogP) is 2.82. The lowest BCUT2D eigenvalue weighted by Gasteiger charge is -2.08. The van der Waals surface area contributed by atoms with E-state index in [9.17, 15) is 0 Å². The van der Waals surface area contributed by atoms with Crippen molar-refractivity contribution in [3.8, 4) is 5.69 Å². The first-order valence-electron chi connectivity index (χ1n) is 6.01. The molecular formula is C12H15BrClN5. The van der Waals surface area contributed by atoms with E-state index in [-0.39, 0.29) is 0 Å². The largest absolute Gasteiger partial charge is 0.310 e. The molecule has 0 unspecified atom stereocenters. The molecule has 0 saturated carbocycles. The summed E-state index contributed by atoms with van der Waals surface area (Å²) in [5.41, 5.74) is 0.847. The van der Waals surface area contributed by atoms with Gasteiger partial charge in [0.15, 0.2) is 5.82 Å². The van der Waals surface area contributed by atoms with Crippen molar-refractivity contribution in [1.29, 1.82) is 0 Å². The van der Waals surface area contributed by atoms with Crippen LogP contribution in [-0.4, -0.2) is 26.8 Å². The zero-order chi connectivity index (χ0) is 13.8. The first kappa shape index (κ1) is 14.4. The first-order valence-corrected chi connectivity index (χ1v) is 7.18. The summed E-state index contributed by atoms with van der Waals surface area (Å²) < 4.78 is 2.54. The highest BCUT2D eigenvalue weighted by molar-refractivity contribution is 9.10. The fourth-order valence-electron chi connectivity index (χ4n) is 1.61. The Morgan fingerprint density at radius 1 is 1.42 bits per heavy atom. The molecule has 0 atom stereocenters. The van der Waals surface area contributed by atoms with Crippen LogP contribution in [0.25, 0.3) is 5.69 Å². The monoisotopic (exact) mass is 343 g/mol. The topological polar surface area (TPSA) is 55.6 Å². The second-order valence-electron chi connectivity index (χ2n) is 4.63. The molecule has 19 heavy (non-hydrogen) atoms. The van der Waals surface area contributed by atoms with Crippen LogP contribution in [0.15, 0.2) is 22.7 Å². The summed E-state index contributed by atoms with van der Waals surface area (Å²) in [5, 5.41) is 15.7. The summed E-state index contributed by atoms with van der Waals surface area (Å²) in [6.45, 7) is 5.86. The molecule has 5 nitrogen and oxygen atoms in total. The maximum Gasteiger partial charge on any atom is 0.170 e. The number of halogens is 2. The number of aromatic nitrogens is 4. The maximum absolute atomic E-state index is 6.08. The van der Waals surface area contributed by atoms with Gasteiger partial charge in [-0.15, -0.1) is 5.10 Å². The lowest BCUT2D eigenvalue weighted by Crippen LogP contribution is -2.21. The van der Waals surface area contributed by atoms with Crippen molar-refractivity contribution in [2.75, 3.05) is 6.54 Å². The number of nitrogens with zero attached hydrogens (tertiary/aromatic N) is 4. The molecule has 0 fully saturated rings. The minimum Gasteiger partial charge on any atom is -0.310 e. The molecule has 0 bridgehead atoms. The molecule has 0 saturated heterocycles. The molecule has 7 heteroatoms. The number of hydrogen-bond acceptors (Lipinski definition) is 4. The number of rotatable bonds is 5. The minimum absolute atomic E-state index is 0.589. The van der Waals surface area contributed by atoms with Crippen LogP contribution in [0, 0.1) is 5.92 Å². The molecular weight excluding hydrogens is 330 g/mol. The highest BCUT2D eigenvalue weighted by Crippen LogP contribution is 2.24. The predicted molar refractivity (Wildman–Crippen MR) is 78.4 cm³/mol. The molecule has 0 spiro atoms. The Hall–Kier alpha value is -0.980. The SMILES string of the molecule is CC(C)CNCc1nnnn1-c1ccc(Br)c(Cl)c1. The smallest absolute Gasteiger partial charge is 0.170 e. The summed E-state index contributed by atoms with van der Waals surface area (Å²) in [6.07, 6.45) is 0. The summed E-state index contributed by atoms with van der Waals surface area (Å²) in [6, 6.07) is 5.62. The third kappa shape index (κ3) is 3.75. The Morgan fingerprint density at radius 3 is 2.89 bits per heavy atom. The molecule has 1 aromatic heterocycles. The Bertz CT molecular complexity index is 555. The normalized spacial score (nSPS) is 11.2. The fraction of sp³-hybridized carbons (Fsp3) is 0.417. The molecule has 0 radical (unpaired) electrons. The molecule has 0 amide bonds. The highest BCUT2D eigenvalue weighted by atomic mass is 79.9. The molecule has 1 heterocycles. The zero-order valence-corrected chi connectivity index (χ0v) is 13.1. The molecule has 1 N–H and O–H groups in total. The number of tetrazole rings is 1. The maximum atomic E-state index is 6.08. The Kier molecular flexibility index (Phi) is 4.90. The summed E-state index contributed by atoms with van der Waals surface area (Å²) in [5.74, 6) is 1.35.